The first-order valence-corrected chi connectivity index (χ1v) is 7.96. The van der Waals surface area contributed by atoms with Crippen LogP contribution in [0.3, 0.4) is 0 Å². The Hall–Kier alpha value is -1.06. The van der Waals surface area contributed by atoms with E-state index in [9.17, 15) is 0 Å². The van der Waals surface area contributed by atoms with Crippen molar-refractivity contribution in [1.82, 2.24) is 10.3 Å². The second-order valence-electron chi connectivity index (χ2n) is 5.23. The zero-order valence-electron chi connectivity index (χ0n) is 11.9. The van der Waals surface area contributed by atoms with Gasteiger partial charge in [-0.05, 0) is 36.4 Å². The second-order valence-corrected chi connectivity index (χ2v) is 6.30. The molecule has 1 aromatic carbocycles. The van der Waals surface area contributed by atoms with Gasteiger partial charge in [-0.3, -0.25) is 4.98 Å². The second kappa shape index (κ2) is 6.92. The first-order chi connectivity index (χ1) is 9.20. The van der Waals surface area contributed by atoms with Crippen molar-refractivity contribution in [3.8, 4) is 0 Å². The molecule has 1 aromatic heterocycles. The zero-order valence-corrected chi connectivity index (χ0v) is 12.7. The standard InChI is InChI=1S/C16H22N2S/c1-12(2)10-19-11-16(17-3)14-7-6-13-5-4-8-18-15(13)9-14/h4-9,12,16-17H,10-11H2,1-3H3. The van der Waals surface area contributed by atoms with Gasteiger partial charge in [-0.2, -0.15) is 11.8 Å². The van der Waals surface area contributed by atoms with Crippen LogP contribution in [0.1, 0.15) is 25.5 Å². The van der Waals surface area contributed by atoms with Crippen molar-refractivity contribution >= 4 is 22.7 Å². The van der Waals surface area contributed by atoms with E-state index in [0.717, 1.165) is 17.2 Å². The van der Waals surface area contributed by atoms with Crippen molar-refractivity contribution in [1.29, 1.82) is 0 Å². The summed E-state index contributed by atoms with van der Waals surface area (Å²) in [5.41, 5.74) is 2.40. The van der Waals surface area contributed by atoms with E-state index in [1.165, 1.54) is 16.7 Å². The Morgan fingerprint density at radius 1 is 1.21 bits per heavy atom. The summed E-state index contributed by atoms with van der Waals surface area (Å²) in [6.45, 7) is 4.53. The molecule has 2 aromatic rings. The monoisotopic (exact) mass is 274 g/mol. The Labute approximate surface area is 120 Å². The van der Waals surface area contributed by atoms with Crippen molar-refractivity contribution < 1.29 is 0 Å². The highest BCUT2D eigenvalue weighted by molar-refractivity contribution is 7.99. The molecule has 0 aliphatic rings. The van der Waals surface area contributed by atoms with Gasteiger partial charge in [0, 0.05) is 23.4 Å². The Bertz CT molecular complexity index is 525. The number of hydrogen-bond donors (Lipinski definition) is 1. The fraction of sp³-hybridized carbons (Fsp3) is 0.438. The SMILES string of the molecule is CNC(CSCC(C)C)c1ccc2cccnc2c1. The molecule has 1 unspecified atom stereocenters. The van der Waals surface area contributed by atoms with E-state index in [1.54, 1.807) is 0 Å². The summed E-state index contributed by atoms with van der Waals surface area (Å²) in [6.07, 6.45) is 1.86. The zero-order chi connectivity index (χ0) is 13.7. The van der Waals surface area contributed by atoms with E-state index in [0.29, 0.717) is 6.04 Å². The molecule has 0 radical (unpaired) electrons. The van der Waals surface area contributed by atoms with Crippen LogP contribution in [-0.4, -0.2) is 23.5 Å². The lowest BCUT2D eigenvalue weighted by Gasteiger charge is -2.17. The number of benzene rings is 1. The first-order valence-electron chi connectivity index (χ1n) is 6.80. The molecule has 1 N–H and O–H groups in total. The number of fused-ring (bicyclic) bond motifs is 1. The molecule has 3 heteroatoms. The van der Waals surface area contributed by atoms with Crippen LogP contribution in [0.15, 0.2) is 36.5 Å². The normalized spacial score (nSPS) is 13.1. The van der Waals surface area contributed by atoms with Gasteiger partial charge in [0.25, 0.3) is 0 Å². The van der Waals surface area contributed by atoms with Crippen LogP contribution < -0.4 is 5.32 Å². The molecule has 19 heavy (non-hydrogen) atoms. The molecule has 0 fully saturated rings. The molecule has 0 saturated heterocycles. The Balaban J connectivity index is 2.11. The maximum atomic E-state index is 4.43. The van der Waals surface area contributed by atoms with Gasteiger partial charge in [0.1, 0.15) is 0 Å². The molecule has 1 heterocycles. The quantitative estimate of drug-likeness (QED) is 0.865. The molecule has 2 rings (SSSR count). The Morgan fingerprint density at radius 3 is 2.79 bits per heavy atom. The molecule has 1 atom stereocenters. The van der Waals surface area contributed by atoms with Gasteiger partial charge in [0.2, 0.25) is 0 Å². The average molecular weight is 274 g/mol. The van der Waals surface area contributed by atoms with Crippen LogP contribution in [0.2, 0.25) is 0 Å². The van der Waals surface area contributed by atoms with E-state index >= 15 is 0 Å². The number of pyridine rings is 1. The number of rotatable bonds is 6. The summed E-state index contributed by atoms with van der Waals surface area (Å²) < 4.78 is 0. The third-order valence-corrected chi connectivity index (χ3v) is 4.59. The van der Waals surface area contributed by atoms with Gasteiger partial charge >= 0.3 is 0 Å². The molecule has 0 amide bonds. The highest BCUT2D eigenvalue weighted by Gasteiger charge is 2.10. The van der Waals surface area contributed by atoms with Gasteiger partial charge in [0.15, 0.2) is 0 Å². The van der Waals surface area contributed by atoms with Crippen LogP contribution in [-0.2, 0) is 0 Å². The number of nitrogens with zero attached hydrogens (tertiary/aromatic N) is 1. The van der Waals surface area contributed by atoms with Gasteiger partial charge in [-0.15, -0.1) is 0 Å². The lowest BCUT2D eigenvalue weighted by Crippen LogP contribution is -2.19. The van der Waals surface area contributed by atoms with Crippen LogP contribution in [0, 0.1) is 5.92 Å². The number of aromatic nitrogens is 1. The maximum Gasteiger partial charge on any atom is 0.0705 e. The highest BCUT2D eigenvalue weighted by atomic mass is 32.2. The minimum absolute atomic E-state index is 0.398. The van der Waals surface area contributed by atoms with Crippen molar-refractivity contribution in [3.05, 3.63) is 42.1 Å². The third kappa shape index (κ3) is 3.95. The predicted molar refractivity (Wildman–Crippen MR) is 85.7 cm³/mol. The molecule has 2 nitrogen and oxygen atoms in total. The van der Waals surface area contributed by atoms with Gasteiger partial charge in [-0.1, -0.05) is 32.0 Å². The molecule has 0 saturated carbocycles. The van der Waals surface area contributed by atoms with E-state index in [2.05, 4.69) is 48.4 Å². The van der Waals surface area contributed by atoms with Gasteiger partial charge in [0.05, 0.1) is 5.52 Å². The smallest absolute Gasteiger partial charge is 0.0705 e. The topological polar surface area (TPSA) is 24.9 Å². The summed E-state index contributed by atoms with van der Waals surface area (Å²) >= 11 is 2.01. The minimum atomic E-state index is 0.398. The number of nitrogens with one attached hydrogen (secondary N) is 1. The van der Waals surface area contributed by atoms with Crippen LogP contribution in [0.25, 0.3) is 10.9 Å². The van der Waals surface area contributed by atoms with E-state index < -0.39 is 0 Å². The summed E-state index contributed by atoms with van der Waals surface area (Å²) in [7, 11) is 2.03. The number of thioether (sulfide) groups is 1. The summed E-state index contributed by atoms with van der Waals surface area (Å²) in [6, 6.07) is 11.1. The first kappa shape index (κ1) is 14.4. The molecule has 0 aliphatic heterocycles. The molecule has 102 valence electrons. The van der Waals surface area contributed by atoms with Crippen molar-refractivity contribution in [2.45, 2.75) is 19.9 Å². The van der Waals surface area contributed by atoms with Crippen molar-refractivity contribution in [3.63, 3.8) is 0 Å². The van der Waals surface area contributed by atoms with E-state index in [1.807, 2.05) is 31.1 Å². The highest BCUT2D eigenvalue weighted by Crippen LogP contribution is 2.22. The fourth-order valence-corrected chi connectivity index (χ4v) is 3.27. The molecular formula is C16H22N2S. The van der Waals surface area contributed by atoms with Gasteiger partial charge < -0.3 is 5.32 Å². The van der Waals surface area contributed by atoms with Crippen LogP contribution in [0.5, 0.6) is 0 Å². The van der Waals surface area contributed by atoms with E-state index in [-0.39, 0.29) is 0 Å². The van der Waals surface area contributed by atoms with Crippen molar-refractivity contribution in [2.75, 3.05) is 18.6 Å². The Kier molecular flexibility index (Phi) is 5.23. The third-order valence-electron chi connectivity index (χ3n) is 3.12. The van der Waals surface area contributed by atoms with Crippen molar-refractivity contribution in [2.24, 2.45) is 5.92 Å². The lowest BCUT2D eigenvalue weighted by atomic mass is 10.1. The molecule has 0 spiro atoms. The Morgan fingerprint density at radius 2 is 2.05 bits per heavy atom. The van der Waals surface area contributed by atoms with Crippen LogP contribution >= 0.6 is 11.8 Å². The minimum Gasteiger partial charge on any atom is -0.312 e. The summed E-state index contributed by atoms with van der Waals surface area (Å²) in [4.78, 5) is 4.43. The number of hydrogen-bond acceptors (Lipinski definition) is 3. The molecular weight excluding hydrogens is 252 g/mol. The summed E-state index contributed by atoms with van der Waals surface area (Å²) in [5, 5.41) is 4.61. The predicted octanol–water partition coefficient (Wildman–Crippen LogP) is 3.88. The largest absolute Gasteiger partial charge is 0.312 e. The molecule has 0 aliphatic carbocycles. The average Bonchev–Trinajstić information content (AvgIpc) is 2.43. The lowest BCUT2D eigenvalue weighted by molar-refractivity contribution is 0.660. The van der Waals surface area contributed by atoms with Crippen LogP contribution in [0.4, 0.5) is 0 Å². The maximum absolute atomic E-state index is 4.43. The van der Waals surface area contributed by atoms with E-state index in [4.69, 9.17) is 0 Å². The summed E-state index contributed by atoms with van der Waals surface area (Å²) in [5.74, 6) is 3.07. The molecule has 0 bridgehead atoms. The fourth-order valence-electron chi connectivity index (χ4n) is 2.07. The van der Waals surface area contributed by atoms with Gasteiger partial charge in [-0.25, -0.2) is 0 Å².